The summed E-state index contributed by atoms with van der Waals surface area (Å²) < 4.78 is 1.43. The number of rotatable bonds is 7. The Labute approximate surface area is 228 Å². The van der Waals surface area contributed by atoms with Crippen molar-refractivity contribution in [3.8, 4) is 5.69 Å². The van der Waals surface area contributed by atoms with Gasteiger partial charge in [0.15, 0.2) is 0 Å². The molecule has 3 heterocycles. The molecule has 2 atom stereocenters. The number of piperidine rings is 1. The summed E-state index contributed by atoms with van der Waals surface area (Å²) in [6.07, 6.45) is 3.83. The molecule has 6 N–H and O–H groups in total. The van der Waals surface area contributed by atoms with Gasteiger partial charge in [-0.1, -0.05) is 12.1 Å². The van der Waals surface area contributed by atoms with Gasteiger partial charge in [-0.2, -0.15) is 4.98 Å². The van der Waals surface area contributed by atoms with Crippen LogP contribution < -0.4 is 22.5 Å². The van der Waals surface area contributed by atoms with Crippen molar-refractivity contribution < 1.29 is 14.7 Å². The van der Waals surface area contributed by atoms with Crippen molar-refractivity contribution in [3.05, 3.63) is 52.6 Å². The molecule has 1 aromatic heterocycles. The molecule has 0 aliphatic carbocycles. The van der Waals surface area contributed by atoms with Crippen molar-refractivity contribution in [2.75, 3.05) is 51.2 Å². The number of urea groups is 1. The summed E-state index contributed by atoms with van der Waals surface area (Å²) in [5.74, 6) is 0.392. The second kappa shape index (κ2) is 12.2. The van der Waals surface area contributed by atoms with Crippen molar-refractivity contribution in [1.29, 1.82) is 0 Å². The zero-order chi connectivity index (χ0) is 28.2. The van der Waals surface area contributed by atoms with Gasteiger partial charge < -0.3 is 26.4 Å². The smallest absolute Gasteiger partial charge is 0.354 e. The predicted octanol–water partition coefficient (Wildman–Crippen LogP) is 0.178. The van der Waals surface area contributed by atoms with E-state index >= 15 is 0 Å². The Bertz CT molecular complexity index is 1200. The SMILES string of the molecule is C[C@H](N)C1CCN(Cc2ccc(-n3ccc(NC(=O)N4CCN(C(=O)[C@@](C)(N)CO)CC4)nc3=O)cc2)CC1. The number of carbonyl (C=O) groups is 2. The first-order chi connectivity index (χ1) is 18.6. The molecular weight excluding hydrogens is 500 g/mol. The number of hydrogen-bond acceptors (Lipinski definition) is 8. The van der Waals surface area contributed by atoms with E-state index in [1.807, 2.05) is 24.3 Å². The van der Waals surface area contributed by atoms with E-state index in [2.05, 4.69) is 22.1 Å². The van der Waals surface area contributed by atoms with Crippen LogP contribution in [0.2, 0.25) is 0 Å². The van der Waals surface area contributed by atoms with E-state index in [0.717, 1.165) is 32.5 Å². The maximum absolute atomic E-state index is 12.7. The fourth-order valence-electron chi connectivity index (χ4n) is 5.06. The highest BCUT2D eigenvalue weighted by Crippen LogP contribution is 2.21. The first-order valence-corrected chi connectivity index (χ1v) is 13.5. The van der Waals surface area contributed by atoms with E-state index in [1.54, 1.807) is 17.2 Å². The molecular formula is C27H40N8O4. The summed E-state index contributed by atoms with van der Waals surface area (Å²) in [6, 6.07) is 9.26. The molecule has 12 nitrogen and oxygen atoms in total. The molecule has 2 aliphatic heterocycles. The second-order valence-electron chi connectivity index (χ2n) is 10.9. The Balaban J connectivity index is 1.30. The van der Waals surface area contributed by atoms with E-state index < -0.39 is 23.9 Å². The van der Waals surface area contributed by atoms with E-state index in [1.165, 1.54) is 22.0 Å². The maximum Gasteiger partial charge on any atom is 0.354 e. The normalized spacial score (nSPS) is 19.4. The Hall–Kier alpha value is -3.32. The summed E-state index contributed by atoms with van der Waals surface area (Å²) in [5, 5.41) is 12.0. The minimum atomic E-state index is -1.35. The van der Waals surface area contributed by atoms with Crippen LogP contribution in [0.3, 0.4) is 0 Å². The molecule has 4 rings (SSSR count). The summed E-state index contributed by atoms with van der Waals surface area (Å²) >= 11 is 0. The van der Waals surface area contributed by atoms with Crippen LogP contribution in [0.15, 0.2) is 41.3 Å². The van der Waals surface area contributed by atoms with Crippen molar-refractivity contribution in [3.63, 3.8) is 0 Å². The zero-order valence-corrected chi connectivity index (χ0v) is 22.8. The topological polar surface area (TPSA) is 163 Å². The summed E-state index contributed by atoms with van der Waals surface area (Å²) in [5.41, 5.74) is 11.9. The average molecular weight is 541 g/mol. The zero-order valence-electron chi connectivity index (χ0n) is 22.8. The van der Waals surface area contributed by atoms with Crippen molar-refractivity contribution in [2.45, 2.75) is 44.8 Å². The number of aliphatic hydroxyl groups is 1. The highest BCUT2D eigenvalue weighted by atomic mass is 16.3. The first kappa shape index (κ1) is 28.7. The van der Waals surface area contributed by atoms with Crippen molar-refractivity contribution >= 4 is 17.8 Å². The van der Waals surface area contributed by atoms with E-state index in [9.17, 15) is 19.5 Å². The summed E-state index contributed by atoms with van der Waals surface area (Å²) in [6.45, 7) is 7.24. The molecule has 2 fully saturated rings. The molecule has 0 saturated carbocycles. The number of piperazine rings is 1. The Morgan fingerprint density at radius 1 is 1.08 bits per heavy atom. The molecule has 2 saturated heterocycles. The highest BCUT2D eigenvalue weighted by molar-refractivity contribution is 5.89. The van der Waals surface area contributed by atoms with Gasteiger partial charge in [-0.3, -0.25) is 19.6 Å². The Morgan fingerprint density at radius 3 is 2.26 bits per heavy atom. The fourth-order valence-corrected chi connectivity index (χ4v) is 5.06. The lowest BCUT2D eigenvalue weighted by Crippen LogP contribution is -2.60. The standard InChI is InChI=1S/C27H40N8O4/c1-19(28)21-7-10-32(11-8-21)17-20-3-5-22(6-4-20)35-12-9-23(31-26(35)39)30-25(38)34-15-13-33(14-16-34)24(37)27(2,29)18-36/h3-6,9,12,19,21,36H,7-8,10-11,13-18,28-29H2,1-2H3,(H,30,31,38,39)/t19-,27-/m0/s1. The van der Waals surface area contributed by atoms with Crippen LogP contribution in [-0.2, 0) is 11.3 Å². The number of nitrogens with zero attached hydrogens (tertiary/aromatic N) is 5. The van der Waals surface area contributed by atoms with Crippen LogP contribution in [0.4, 0.5) is 10.6 Å². The largest absolute Gasteiger partial charge is 0.394 e. The van der Waals surface area contributed by atoms with Crippen LogP contribution in [0.5, 0.6) is 0 Å². The minimum absolute atomic E-state index is 0.154. The third kappa shape index (κ3) is 7.01. The molecule has 39 heavy (non-hydrogen) atoms. The van der Waals surface area contributed by atoms with Crippen LogP contribution in [0, 0.1) is 5.92 Å². The number of nitrogens with one attached hydrogen (secondary N) is 1. The van der Waals surface area contributed by atoms with Gasteiger partial charge in [-0.05, 0) is 69.5 Å². The lowest BCUT2D eigenvalue weighted by molar-refractivity contribution is -0.139. The van der Waals surface area contributed by atoms with Gasteiger partial charge in [0.2, 0.25) is 5.91 Å². The summed E-state index contributed by atoms with van der Waals surface area (Å²) in [7, 11) is 0. The Kier molecular flexibility index (Phi) is 9.01. The van der Waals surface area contributed by atoms with E-state index in [4.69, 9.17) is 11.5 Å². The van der Waals surface area contributed by atoms with Gasteiger partial charge in [0.05, 0.1) is 12.3 Å². The summed E-state index contributed by atoms with van der Waals surface area (Å²) in [4.78, 5) is 47.4. The van der Waals surface area contributed by atoms with Crippen LogP contribution in [0.25, 0.3) is 5.69 Å². The number of nitrogens with two attached hydrogens (primary N) is 2. The fraction of sp³-hybridized carbons (Fsp3) is 0.556. The third-order valence-corrected chi connectivity index (χ3v) is 7.71. The number of carbonyl (C=O) groups excluding carboxylic acids is 2. The number of hydrogen-bond donors (Lipinski definition) is 4. The number of aromatic nitrogens is 2. The molecule has 0 spiro atoms. The van der Waals surface area contributed by atoms with Crippen molar-refractivity contribution in [1.82, 2.24) is 24.3 Å². The molecule has 3 amide bonds. The predicted molar refractivity (Wildman–Crippen MR) is 148 cm³/mol. The molecule has 0 unspecified atom stereocenters. The van der Waals surface area contributed by atoms with Gasteiger partial charge in [0, 0.05) is 45.0 Å². The number of benzene rings is 1. The highest BCUT2D eigenvalue weighted by Gasteiger charge is 2.34. The molecule has 1 aromatic carbocycles. The first-order valence-electron chi connectivity index (χ1n) is 13.5. The number of likely N-dealkylation sites (tertiary alicyclic amines) is 1. The van der Waals surface area contributed by atoms with Gasteiger partial charge in [-0.25, -0.2) is 9.59 Å². The number of anilines is 1. The van der Waals surface area contributed by atoms with Crippen molar-refractivity contribution in [2.24, 2.45) is 17.4 Å². The monoisotopic (exact) mass is 540 g/mol. The average Bonchev–Trinajstić information content (AvgIpc) is 2.93. The van der Waals surface area contributed by atoms with Crippen LogP contribution in [-0.4, -0.2) is 98.8 Å². The van der Waals surface area contributed by atoms with E-state index in [-0.39, 0.29) is 17.8 Å². The molecule has 0 bridgehead atoms. The second-order valence-corrected chi connectivity index (χ2v) is 10.9. The molecule has 0 radical (unpaired) electrons. The maximum atomic E-state index is 12.7. The third-order valence-electron chi connectivity index (χ3n) is 7.71. The van der Waals surface area contributed by atoms with Crippen LogP contribution >= 0.6 is 0 Å². The minimum Gasteiger partial charge on any atom is -0.394 e. The number of amides is 3. The van der Waals surface area contributed by atoms with Gasteiger partial charge in [-0.15, -0.1) is 0 Å². The lowest BCUT2D eigenvalue weighted by atomic mass is 9.91. The van der Waals surface area contributed by atoms with Crippen LogP contribution in [0.1, 0.15) is 32.3 Å². The molecule has 12 heteroatoms. The molecule has 212 valence electrons. The van der Waals surface area contributed by atoms with Gasteiger partial charge >= 0.3 is 11.7 Å². The Morgan fingerprint density at radius 2 is 1.69 bits per heavy atom. The van der Waals surface area contributed by atoms with Gasteiger partial charge in [0.25, 0.3) is 0 Å². The van der Waals surface area contributed by atoms with Gasteiger partial charge in [0.1, 0.15) is 11.4 Å². The lowest BCUT2D eigenvalue weighted by Gasteiger charge is -2.37. The van der Waals surface area contributed by atoms with E-state index in [0.29, 0.717) is 37.8 Å². The quantitative estimate of drug-likeness (QED) is 0.386. The molecule has 2 aliphatic rings. The molecule has 2 aromatic rings. The number of aliphatic hydroxyl groups excluding tert-OH is 1.